The number of hydrogen-bond donors (Lipinski definition) is 3. The summed E-state index contributed by atoms with van der Waals surface area (Å²) in [6.07, 6.45) is -5.27. The molecule has 3 N–H and O–H groups in total. The van der Waals surface area contributed by atoms with Gasteiger partial charge in [0.1, 0.15) is 5.92 Å². The van der Waals surface area contributed by atoms with E-state index in [4.69, 9.17) is 0 Å². The lowest BCUT2D eigenvalue weighted by Gasteiger charge is -2.45. The van der Waals surface area contributed by atoms with Crippen LogP contribution in [-0.2, 0) is 0 Å². The van der Waals surface area contributed by atoms with Crippen LogP contribution < -0.4 is 10.6 Å². The monoisotopic (exact) mass is 442 g/mol. The number of nitrogens with one attached hydrogen (secondary N) is 2. The number of rotatable bonds is 3. The van der Waals surface area contributed by atoms with Crippen molar-refractivity contribution in [3.8, 4) is 0 Å². The molecule has 2 aromatic rings. The van der Waals surface area contributed by atoms with Crippen molar-refractivity contribution in [3.05, 3.63) is 70.2 Å². The van der Waals surface area contributed by atoms with Gasteiger partial charge in [-0.25, -0.2) is 4.79 Å². The quantitative estimate of drug-likeness (QED) is 0.636. The minimum atomic E-state index is -5.27. The van der Waals surface area contributed by atoms with Gasteiger partial charge in [-0.15, -0.1) is 0 Å². The largest absolute Gasteiger partial charge is 0.437 e. The van der Waals surface area contributed by atoms with Crippen molar-refractivity contribution in [3.63, 3.8) is 0 Å². The Kier molecular flexibility index (Phi) is 5.00. The van der Waals surface area contributed by atoms with E-state index in [9.17, 15) is 27.9 Å². The Morgan fingerprint density at radius 2 is 1.67 bits per heavy atom. The van der Waals surface area contributed by atoms with Crippen molar-refractivity contribution in [1.29, 1.82) is 0 Å². The van der Waals surface area contributed by atoms with Gasteiger partial charge in [0.2, 0.25) is 5.72 Å². The average molecular weight is 443 g/mol. The number of aliphatic hydroxyl groups is 1. The fourth-order valence-corrected chi connectivity index (χ4v) is 3.33. The van der Waals surface area contributed by atoms with Crippen LogP contribution in [0.25, 0.3) is 0 Å². The molecule has 5 nitrogen and oxygen atoms in total. The molecule has 9 heteroatoms. The zero-order chi connectivity index (χ0) is 19.8. The van der Waals surface area contributed by atoms with Crippen LogP contribution in [0.4, 0.5) is 18.0 Å². The van der Waals surface area contributed by atoms with E-state index >= 15 is 0 Å². The molecule has 0 spiro atoms. The number of Topliss-reactive ketones (excluding diaryl/α,β-unsaturated/α-hetero) is 1. The molecule has 3 rings (SSSR count). The predicted molar refractivity (Wildman–Crippen MR) is 93.8 cm³/mol. The number of ketones is 1. The summed E-state index contributed by atoms with van der Waals surface area (Å²) in [5, 5.41) is 14.3. The molecule has 1 fully saturated rings. The lowest BCUT2D eigenvalue weighted by molar-refractivity contribution is -0.287. The van der Waals surface area contributed by atoms with E-state index in [-0.39, 0.29) is 11.1 Å². The summed E-state index contributed by atoms with van der Waals surface area (Å²) in [6.45, 7) is 0. The van der Waals surface area contributed by atoms with Crippen LogP contribution in [0.5, 0.6) is 0 Å². The van der Waals surface area contributed by atoms with Crippen LogP contribution in [0.15, 0.2) is 59.1 Å². The summed E-state index contributed by atoms with van der Waals surface area (Å²) in [4.78, 5) is 24.8. The van der Waals surface area contributed by atoms with Gasteiger partial charge < -0.3 is 15.7 Å². The van der Waals surface area contributed by atoms with Crippen LogP contribution >= 0.6 is 15.9 Å². The first kappa shape index (κ1) is 19.4. The summed E-state index contributed by atoms with van der Waals surface area (Å²) in [6, 6.07) is 10.8. The van der Waals surface area contributed by atoms with Gasteiger partial charge in [0.15, 0.2) is 5.78 Å². The molecule has 2 aromatic carbocycles. The Hall–Kier alpha value is -2.39. The van der Waals surface area contributed by atoms with Gasteiger partial charge in [-0.2, -0.15) is 13.2 Å². The Morgan fingerprint density at radius 3 is 2.22 bits per heavy atom. The number of carbonyl (C=O) groups is 2. The molecule has 142 valence electrons. The number of hydrogen-bond acceptors (Lipinski definition) is 3. The summed E-state index contributed by atoms with van der Waals surface area (Å²) >= 11 is 3.22. The second kappa shape index (κ2) is 6.97. The van der Waals surface area contributed by atoms with Gasteiger partial charge in [0.25, 0.3) is 0 Å². The van der Waals surface area contributed by atoms with Crippen LogP contribution in [0.1, 0.15) is 22.0 Å². The highest BCUT2D eigenvalue weighted by molar-refractivity contribution is 9.10. The van der Waals surface area contributed by atoms with Crippen molar-refractivity contribution in [1.82, 2.24) is 10.6 Å². The van der Waals surface area contributed by atoms with Crippen molar-refractivity contribution in [2.45, 2.75) is 17.9 Å². The molecule has 0 aromatic heterocycles. The van der Waals surface area contributed by atoms with E-state index in [1.54, 1.807) is 18.2 Å². The highest BCUT2D eigenvalue weighted by Crippen LogP contribution is 2.44. The van der Waals surface area contributed by atoms with E-state index in [0.29, 0.717) is 4.47 Å². The summed E-state index contributed by atoms with van der Waals surface area (Å²) in [5.74, 6) is -2.98. The van der Waals surface area contributed by atoms with Gasteiger partial charge in [-0.1, -0.05) is 58.4 Å². The van der Waals surface area contributed by atoms with Crippen molar-refractivity contribution in [2.75, 3.05) is 0 Å². The molecule has 0 saturated carbocycles. The SMILES string of the molecule is O=C1N[C@@H](c2ccc(Br)cc2)[C@@H](C(=O)c2ccccc2)[C@](O)(C(F)(F)F)N1. The Labute approximate surface area is 160 Å². The van der Waals surface area contributed by atoms with Crippen LogP contribution in [0, 0.1) is 5.92 Å². The third kappa shape index (κ3) is 3.57. The molecule has 2 amide bonds. The first-order chi connectivity index (χ1) is 12.6. The number of amides is 2. The van der Waals surface area contributed by atoms with Crippen molar-refractivity contribution in [2.24, 2.45) is 5.92 Å². The first-order valence-corrected chi connectivity index (χ1v) is 8.65. The number of alkyl halides is 3. The summed E-state index contributed by atoms with van der Waals surface area (Å²) < 4.78 is 41.8. The lowest BCUT2D eigenvalue weighted by atomic mass is 9.77. The Bertz CT molecular complexity index is 858. The molecule has 0 bridgehead atoms. The maximum atomic E-state index is 13.7. The smallest absolute Gasteiger partial charge is 0.363 e. The van der Waals surface area contributed by atoms with Crippen LogP contribution in [-0.4, -0.2) is 28.8 Å². The number of carbonyl (C=O) groups excluding carboxylic acids is 2. The molecule has 0 unspecified atom stereocenters. The topological polar surface area (TPSA) is 78.4 Å². The van der Waals surface area contributed by atoms with Crippen molar-refractivity contribution < 1.29 is 27.9 Å². The summed E-state index contributed by atoms with van der Waals surface area (Å²) in [5.41, 5.74) is -3.48. The standard InChI is InChI=1S/C18H14BrF3N2O3/c19-12-8-6-10(7-9-12)14-13(15(25)11-4-2-1-3-5-11)17(27,18(20,21)22)24-16(26)23-14/h1-9,13-14,27H,(H2,23,24,26)/t13-,14-,17-/m0/s1. The summed E-state index contributed by atoms with van der Waals surface area (Å²) in [7, 11) is 0. The highest BCUT2D eigenvalue weighted by Gasteiger charge is 2.66. The van der Waals surface area contributed by atoms with Gasteiger partial charge in [-0.3, -0.25) is 4.79 Å². The highest BCUT2D eigenvalue weighted by atomic mass is 79.9. The minimum Gasteiger partial charge on any atom is -0.363 e. The second-order valence-corrected chi connectivity index (χ2v) is 7.02. The molecular formula is C18H14BrF3N2O3. The zero-order valence-corrected chi connectivity index (χ0v) is 15.2. The molecular weight excluding hydrogens is 429 g/mol. The molecule has 27 heavy (non-hydrogen) atoms. The maximum absolute atomic E-state index is 13.7. The van der Waals surface area contributed by atoms with Gasteiger partial charge in [0.05, 0.1) is 6.04 Å². The first-order valence-electron chi connectivity index (χ1n) is 7.86. The molecule has 0 radical (unpaired) electrons. The van der Waals surface area contributed by atoms with Gasteiger partial charge in [0, 0.05) is 10.0 Å². The van der Waals surface area contributed by atoms with Crippen LogP contribution in [0.3, 0.4) is 0 Å². The normalized spacial score (nSPS) is 25.4. The molecule has 1 aliphatic heterocycles. The predicted octanol–water partition coefficient (Wildman–Crippen LogP) is 3.55. The van der Waals surface area contributed by atoms with Gasteiger partial charge >= 0.3 is 12.2 Å². The number of halogens is 4. The molecule has 1 heterocycles. The van der Waals surface area contributed by atoms with E-state index in [0.717, 1.165) is 0 Å². The van der Waals surface area contributed by atoms with Crippen LogP contribution in [0.2, 0.25) is 0 Å². The molecule has 3 atom stereocenters. The second-order valence-electron chi connectivity index (χ2n) is 6.10. The Balaban J connectivity index is 2.15. The third-order valence-electron chi connectivity index (χ3n) is 4.38. The Morgan fingerprint density at radius 1 is 1.07 bits per heavy atom. The average Bonchev–Trinajstić information content (AvgIpc) is 2.61. The minimum absolute atomic E-state index is 0.00904. The number of urea groups is 1. The molecule has 1 aliphatic rings. The lowest BCUT2D eigenvalue weighted by Crippen LogP contribution is -2.72. The molecule has 1 saturated heterocycles. The van der Waals surface area contributed by atoms with E-state index in [1.807, 2.05) is 0 Å². The zero-order valence-electron chi connectivity index (χ0n) is 13.6. The molecule has 0 aliphatic carbocycles. The van der Waals surface area contributed by atoms with E-state index < -0.39 is 35.7 Å². The fraction of sp³-hybridized carbons (Fsp3) is 0.222. The fourth-order valence-electron chi connectivity index (χ4n) is 3.07. The number of benzene rings is 2. The van der Waals surface area contributed by atoms with Gasteiger partial charge in [-0.05, 0) is 17.7 Å². The third-order valence-corrected chi connectivity index (χ3v) is 4.90. The van der Waals surface area contributed by atoms with E-state index in [2.05, 4.69) is 21.2 Å². The maximum Gasteiger partial charge on any atom is 0.437 e. The van der Waals surface area contributed by atoms with Crippen molar-refractivity contribution >= 4 is 27.7 Å². The van der Waals surface area contributed by atoms with E-state index in [1.165, 1.54) is 41.7 Å².